The molecule has 5 rings (SSSR count). The normalized spacial score (nSPS) is 23.0. The Morgan fingerprint density at radius 2 is 0.569 bits per heavy atom. The molecule has 0 aromatic heterocycles. The lowest BCUT2D eigenvalue weighted by Gasteiger charge is -2.32. The molecule has 0 aromatic carbocycles. The molecule has 24 nitrogen and oxygen atoms in total. The maximum absolute atomic E-state index is 13.5. The van der Waals surface area contributed by atoms with Crippen LogP contribution in [0.3, 0.4) is 0 Å². The highest BCUT2D eigenvalue weighted by Gasteiger charge is 2.46. The number of unbranched alkanes of at least 4 members (excludes halogenated alkanes) is 27. The molecule has 0 aliphatic carbocycles. The Bertz CT molecular complexity index is 2650. The Morgan fingerprint density at radius 1 is 0.268 bits per heavy atom. The third kappa shape index (κ3) is 54.3. The summed E-state index contributed by atoms with van der Waals surface area (Å²) in [5, 5.41) is 86.1. The van der Waals surface area contributed by atoms with Crippen LogP contribution in [0.25, 0.3) is 0 Å². The molecule has 0 radical (unpaired) electrons. The van der Waals surface area contributed by atoms with Crippen molar-refractivity contribution >= 4 is 29.8 Å². The van der Waals surface area contributed by atoms with Gasteiger partial charge in [-0.2, -0.15) is 0 Å². The zero-order valence-electron chi connectivity index (χ0n) is 78.4. The van der Waals surface area contributed by atoms with Crippen molar-refractivity contribution in [1.29, 1.82) is 0 Å². The van der Waals surface area contributed by atoms with Gasteiger partial charge in [0, 0.05) is 62.7 Å². The van der Waals surface area contributed by atoms with E-state index in [-0.39, 0.29) is 124 Å². The first kappa shape index (κ1) is 110. The molecule has 5 saturated heterocycles. The second-order valence-electron chi connectivity index (χ2n) is 37.5. The van der Waals surface area contributed by atoms with Crippen LogP contribution in [0.1, 0.15) is 440 Å². The van der Waals surface area contributed by atoms with Gasteiger partial charge in [0.05, 0.1) is 117 Å². The van der Waals surface area contributed by atoms with Gasteiger partial charge in [-0.3, -0.25) is 24.0 Å². The maximum atomic E-state index is 13.5. The third-order valence-corrected chi connectivity index (χ3v) is 26.2. The summed E-state index contributed by atoms with van der Waals surface area (Å²) in [5.74, 6) is -1.53. The number of hydrogen-bond donors (Lipinski definition) is 9. The van der Waals surface area contributed by atoms with Crippen LogP contribution in [0.5, 0.6) is 0 Å². The van der Waals surface area contributed by atoms with Crippen molar-refractivity contribution in [2.45, 2.75) is 574 Å². The predicted octanol–water partition coefficient (Wildman–Crippen LogP) is 18.0. The van der Waals surface area contributed by atoms with E-state index in [0.717, 1.165) is 257 Å². The van der Waals surface area contributed by atoms with Crippen molar-refractivity contribution in [2.75, 3.05) is 26.4 Å². The Kier molecular flexibility index (Phi) is 61.7. The fourth-order valence-corrected chi connectivity index (χ4v) is 17.8. The predicted molar refractivity (Wildman–Crippen MR) is 482 cm³/mol. The van der Waals surface area contributed by atoms with E-state index in [1.54, 1.807) is 0 Å². The lowest BCUT2D eigenvalue weighted by atomic mass is 9.93. The van der Waals surface area contributed by atoms with Crippen molar-refractivity contribution in [3.63, 3.8) is 0 Å². The summed E-state index contributed by atoms with van der Waals surface area (Å²) < 4.78 is 57.7. The van der Waals surface area contributed by atoms with Gasteiger partial charge in [0.15, 0.2) is 6.10 Å². The van der Waals surface area contributed by atoms with Crippen LogP contribution in [0, 0.1) is 0 Å². The highest BCUT2D eigenvalue weighted by atomic mass is 16.6. The largest absolute Gasteiger partial charge is 0.466 e. The number of carbonyl (C=O) groups is 5. The molecule has 0 aromatic rings. The quantitative estimate of drug-likeness (QED) is 0.0118. The van der Waals surface area contributed by atoms with E-state index in [0.29, 0.717) is 122 Å². The minimum atomic E-state index is -0.974. The van der Waals surface area contributed by atoms with Crippen LogP contribution in [0.2, 0.25) is 0 Å². The van der Waals surface area contributed by atoms with Gasteiger partial charge < -0.3 is 93.7 Å². The molecule has 22 unspecified atom stereocenters. The molecule has 5 heterocycles. The summed E-state index contributed by atoms with van der Waals surface area (Å²) in [4.78, 5) is 63.6. The number of ether oxygens (including phenoxy) is 10. The van der Waals surface area contributed by atoms with E-state index >= 15 is 0 Å². The summed E-state index contributed by atoms with van der Waals surface area (Å²) >= 11 is 0. The molecule has 5 aliphatic rings. The van der Waals surface area contributed by atoms with Gasteiger partial charge >= 0.3 is 29.8 Å². The van der Waals surface area contributed by atoms with Crippen molar-refractivity contribution in [3.8, 4) is 0 Å². The average Bonchev–Trinajstić information content (AvgIpc) is 1.68. The molecule has 5 fully saturated rings. The van der Waals surface area contributed by atoms with Crippen LogP contribution in [0.4, 0.5) is 0 Å². The maximum Gasteiger partial charge on any atom is 0.306 e. The van der Waals surface area contributed by atoms with E-state index in [4.69, 9.17) is 47.4 Å². The average molecular weight is 1750 g/mol. The summed E-state index contributed by atoms with van der Waals surface area (Å²) in [5.41, 5.74) is 0. The summed E-state index contributed by atoms with van der Waals surface area (Å²) in [6.45, 7) is 14.9. The molecule has 0 spiro atoms. The highest BCUT2D eigenvalue weighted by molar-refractivity contribution is 5.71. The first-order valence-electron chi connectivity index (χ1n) is 51.1. The van der Waals surface area contributed by atoms with Gasteiger partial charge in [-0.25, -0.2) is 0 Å². The number of aliphatic hydroxyl groups is 7. The first-order valence-corrected chi connectivity index (χ1v) is 51.1. The van der Waals surface area contributed by atoms with Gasteiger partial charge in [0.2, 0.25) is 0 Å². The molecule has 24 heteroatoms. The van der Waals surface area contributed by atoms with Crippen LogP contribution in [-0.4, -0.2) is 226 Å². The molecule has 0 bridgehead atoms. The lowest BCUT2D eigenvalue weighted by Crippen LogP contribution is -2.51. The number of carbonyl (C=O) groups excluding carboxylic acids is 5. The molecular formula is C99H182N2O22. The molecule has 123 heavy (non-hydrogen) atoms. The number of aliphatic hydroxyl groups excluding tert-OH is 7. The SMILES string of the molecule is CCCCCCCCC(O)C(CCCCCCCC(=O)OCC(COC(=O)CCCCCCCC1OC1CC(O)CCC1OC1CC)OC(=O)CCCCCCCC(O)C(CC1OC1CCCCC)NC(CC1OC1CCC(O)CCCCCCCC(=O)OCCC)C(O)CC)NC(CC1OC1CCC(O)CCCCCCCC(=O)OCCC)C(O)CC. The van der Waals surface area contributed by atoms with Crippen molar-refractivity contribution in [1.82, 2.24) is 10.6 Å². The van der Waals surface area contributed by atoms with Crippen molar-refractivity contribution in [2.24, 2.45) is 0 Å². The molecular weight excluding hydrogens is 1570 g/mol. The number of hydrogen-bond acceptors (Lipinski definition) is 24. The first-order chi connectivity index (χ1) is 59.7. The highest BCUT2D eigenvalue weighted by Crippen LogP contribution is 2.38. The van der Waals surface area contributed by atoms with E-state index in [1.165, 1.54) is 19.3 Å². The van der Waals surface area contributed by atoms with Gasteiger partial charge in [0.25, 0.3) is 0 Å². The molecule has 0 saturated carbocycles. The van der Waals surface area contributed by atoms with Crippen LogP contribution in [0.15, 0.2) is 0 Å². The van der Waals surface area contributed by atoms with Gasteiger partial charge in [-0.05, 0) is 167 Å². The molecule has 0 amide bonds. The number of rotatable bonds is 88. The van der Waals surface area contributed by atoms with Gasteiger partial charge in [-0.15, -0.1) is 0 Å². The monoisotopic (exact) mass is 1750 g/mol. The Balaban J connectivity index is 1.04. The Labute approximate surface area is 744 Å². The fourth-order valence-electron chi connectivity index (χ4n) is 17.8. The second-order valence-corrected chi connectivity index (χ2v) is 37.5. The number of nitrogens with one attached hydrogen (secondary N) is 2. The summed E-state index contributed by atoms with van der Waals surface area (Å²) in [6.07, 6.45) is 46.4. The number of epoxide rings is 5. The smallest absolute Gasteiger partial charge is 0.306 e. The molecule has 22 atom stereocenters. The minimum absolute atomic E-state index is 0.0183. The topological polar surface area (TPSA) is 360 Å². The second kappa shape index (κ2) is 68.8. The van der Waals surface area contributed by atoms with Crippen LogP contribution in [-0.2, 0) is 71.3 Å². The summed E-state index contributed by atoms with van der Waals surface area (Å²) in [6, 6.07) is -1.05. The van der Waals surface area contributed by atoms with Crippen LogP contribution >= 0.6 is 0 Å². The van der Waals surface area contributed by atoms with Crippen molar-refractivity contribution in [3.05, 3.63) is 0 Å². The number of esters is 5. The zero-order chi connectivity index (χ0) is 89.0. The fraction of sp³-hybridized carbons (Fsp3) is 0.949. The zero-order valence-corrected chi connectivity index (χ0v) is 78.4. The Hall–Kier alpha value is -3.21. The van der Waals surface area contributed by atoms with Gasteiger partial charge in [-0.1, -0.05) is 235 Å². The third-order valence-electron chi connectivity index (χ3n) is 26.2. The van der Waals surface area contributed by atoms with Crippen LogP contribution < -0.4 is 10.6 Å². The van der Waals surface area contributed by atoms with E-state index in [1.807, 2.05) is 27.7 Å². The molecule has 9 N–H and O–H groups in total. The lowest BCUT2D eigenvalue weighted by molar-refractivity contribution is -0.167. The van der Waals surface area contributed by atoms with E-state index < -0.39 is 60.6 Å². The van der Waals surface area contributed by atoms with E-state index in [2.05, 4.69) is 31.4 Å². The molecule has 720 valence electrons. The minimum Gasteiger partial charge on any atom is -0.466 e. The summed E-state index contributed by atoms with van der Waals surface area (Å²) in [7, 11) is 0. The van der Waals surface area contributed by atoms with Gasteiger partial charge in [0.1, 0.15) is 13.2 Å². The van der Waals surface area contributed by atoms with Crippen molar-refractivity contribution < 1.29 is 107 Å². The standard InChI is InChI=1S/C99H182N2O22/c1-8-15-17-18-27-39-50-83(107)77(100-78(81(105)12-5)68-93-89(122-93)62-59-73(102)47-36-24-19-30-42-54-95(109)114-65-10-3)49-38-26-21-32-44-56-97(111)116-71-76(72-117-98(112)57-45-33-23-29-41-53-86-91(120-86)67-75(104)61-64-88-85(14-7)119-88)118-99(113)58-46-34-22-28-40-51-84(108)80(70-92-87(121-92)52-35-16-9-2)101-79(82(106)13-6)69-94-90(123-94)63-60-74(103)48-37-25-20-31-43-55-96(110)115-66-11-4/h73-94,100-108H,8-72H2,1-7H3. The Morgan fingerprint density at radius 3 is 0.976 bits per heavy atom. The van der Waals surface area contributed by atoms with E-state index in [9.17, 15) is 59.7 Å². The molecule has 5 aliphatic heterocycles.